The zero-order valence-electron chi connectivity index (χ0n) is 18.5. The molecule has 1 heterocycles. The lowest BCUT2D eigenvalue weighted by molar-refractivity contribution is 0.0924. The van der Waals surface area contributed by atoms with Crippen molar-refractivity contribution in [3.63, 3.8) is 0 Å². The minimum atomic E-state index is -0.198. The number of furan rings is 1. The number of hydrogen-bond donors (Lipinski definition) is 1. The molecular weight excluding hydrogens is 374 g/mol. The van der Waals surface area contributed by atoms with Crippen LogP contribution in [0.4, 0.5) is 0 Å². The predicted octanol–water partition coefficient (Wildman–Crippen LogP) is 5.46. The molecule has 3 aromatic rings. The molecule has 30 heavy (non-hydrogen) atoms. The molecule has 0 bridgehead atoms. The van der Waals surface area contributed by atoms with Crippen molar-refractivity contribution in [1.82, 2.24) is 5.32 Å². The summed E-state index contributed by atoms with van der Waals surface area (Å²) in [5, 5.41) is 2.93. The Kier molecular flexibility index (Phi) is 6.66. The maximum Gasteiger partial charge on any atom is 0.287 e. The molecule has 1 N–H and O–H groups in total. The van der Waals surface area contributed by atoms with E-state index in [0.717, 1.165) is 17.1 Å². The van der Waals surface area contributed by atoms with Gasteiger partial charge in [0.1, 0.15) is 11.5 Å². The van der Waals surface area contributed by atoms with Crippen molar-refractivity contribution in [2.24, 2.45) is 0 Å². The van der Waals surface area contributed by atoms with E-state index in [1.165, 1.54) is 16.7 Å². The van der Waals surface area contributed by atoms with Crippen LogP contribution >= 0.6 is 0 Å². The lowest BCUT2D eigenvalue weighted by Gasteiger charge is -2.20. The normalized spacial score (nSPS) is 11.4. The molecule has 2 aromatic carbocycles. The van der Waals surface area contributed by atoms with Crippen LogP contribution in [0, 0.1) is 6.92 Å². The number of rotatable bonds is 7. The Balaban J connectivity index is 1.61. The van der Waals surface area contributed by atoms with Gasteiger partial charge in [-0.15, -0.1) is 0 Å². The van der Waals surface area contributed by atoms with E-state index in [2.05, 4.69) is 51.2 Å². The number of ether oxygens (including phenoxy) is 1. The quantitative estimate of drug-likeness (QED) is 0.568. The third-order valence-corrected chi connectivity index (χ3v) is 5.34. The van der Waals surface area contributed by atoms with Gasteiger partial charge in [0.05, 0.1) is 7.11 Å². The van der Waals surface area contributed by atoms with Gasteiger partial charge in [0.15, 0.2) is 5.76 Å². The molecule has 0 spiro atoms. The van der Waals surface area contributed by atoms with Crippen LogP contribution < -0.4 is 10.1 Å². The zero-order valence-corrected chi connectivity index (χ0v) is 18.5. The van der Waals surface area contributed by atoms with E-state index in [0.29, 0.717) is 25.1 Å². The number of amides is 1. The number of nitrogens with one attached hydrogen (secondary N) is 1. The standard InChI is InChI=1S/C26H31NO3/c1-18-10-11-21(26(2,3)4)16-20(18)17-22-12-13-24(30-22)25(28)27-15-14-19-8-6-7-9-23(19)29-5/h6-13,16H,14-15,17H2,1-5H3,(H,27,28). The highest BCUT2D eigenvalue weighted by atomic mass is 16.5. The van der Waals surface area contributed by atoms with E-state index in [4.69, 9.17) is 9.15 Å². The SMILES string of the molecule is COc1ccccc1CCNC(=O)c1ccc(Cc2cc(C(C)(C)C)ccc2C)o1. The first-order valence-electron chi connectivity index (χ1n) is 10.4. The van der Waals surface area contributed by atoms with Gasteiger partial charge in [-0.1, -0.05) is 57.2 Å². The van der Waals surface area contributed by atoms with Gasteiger partial charge in [0.2, 0.25) is 0 Å². The Labute approximate surface area is 179 Å². The molecule has 0 saturated carbocycles. The fraction of sp³-hybridized carbons (Fsp3) is 0.346. The Morgan fingerprint density at radius 1 is 1.03 bits per heavy atom. The van der Waals surface area contributed by atoms with Crippen molar-refractivity contribution in [3.05, 3.63) is 88.4 Å². The largest absolute Gasteiger partial charge is 0.496 e. The monoisotopic (exact) mass is 405 g/mol. The van der Waals surface area contributed by atoms with Crippen molar-refractivity contribution in [2.75, 3.05) is 13.7 Å². The smallest absolute Gasteiger partial charge is 0.287 e. The van der Waals surface area contributed by atoms with Crippen molar-refractivity contribution in [2.45, 2.75) is 46.0 Å². The summed E-state index contributed by atoms with van der Waals surface area (Å²) in [5.41, 5.74) is 4.90. The molecule has 0 saturated heterocycles. The highest BCUT2D eigenvalue weighted by Crippen LogP contribution is 2.26. The third kappa shape index (κ3) is 5.32. The summed E-state index contributed by atoms with van der Waals surface area (Å²) in [7, 11) is 1.65. The van der Waals surface area contributed by atoms with Gasteiger partial charge in [-0.3, -0.25) is 4.79 Å². The second-order valence-electron chi connectivity index (χ2n) is 8.65. The van der Waals surface area contributed by atoms with Crippen molar-refractivity contribution in [1.29, 1.82) is 0 Å². The van der Waals surface area contributed by atoms with Gasteiger partial charge in [-0.05, 0) is 59.2 Å². The molecule has 0 unspecified atom stereocenters. The average molecular weight is 406 g/mol. The Hall–Kier alpha value is -3.01. The van der Waals surface area contributed by atoms with E-state index < -0.39 is 0 Å². The summed E-state index contributed by atoms with van der Waals surface area (Å²) in [5.74, 6) is 1.77. The molecular formula is C26H31NO3. The minimum Gasteiger partial charge on any atom is -0.496 e. The van der Waals surface area contributed by atoms with Crippen molar-refractivity contribution >= 4 is 5.91 Å². The molecule has 0 radical (unpaired) electrons. The van der Waals surface area contributed by atoms with Crippen LogP contribution in [0.5, 0.6) is 5.75 Å². The molecule has 3 rings (SSSR count). The first-order chi connectivity index (χ1) is 14.3. The van der Waals surface area contributed by atoms with Gasteiger partial charge < -0.3 is 14.5 Å². The van der Waals surface area contributed by atoms with Crippen LogP contribution in [0.2, 0.25) is 0 Å². The van der Waals surface area contributed by atoms with Crippen LogP contribution in [0.1, 0.15) is 59.3 Å². The maximum atomic E-state index is 12.5. The maximum absolute atomic E-state index is 12.5. The third-order valence-electron chi connectivity index (χ3n) is 5.34. The molecule has 0 aliphatic heterocycles. The summed E-state index contributed by atoms with van der Waals surface area (Å²) < 4.78 is 11.2. The van der Waals surface area contributed by atoms with Crippen LogP contribution in [0.25, 0.3) is 0 Å². The van der Waals surface area contributed by atoms with Gasteiger partial charge in [-0.25, -0.2) is 0 Å². The Bertz CT molecular complexity index is 1010. The number of benzene rings is 2. The van der Waals surface area contributed by atoms with Crippen molar-refractivity contribution in [3.8, 4) is 5.75 Å². The van der Waals surface area contributed by atoms with Crippen LogP contribution in [0.3, 0.4) is 0 Å². The topological polar surface area (TPSA) is 51.5 Å². The average Bonchev–Trinajstić information content (AvgIpc) is 3.18. The Morgan fingerprint density at radius 2 is 1.80 bits per heavy atom. The minimum absolute atomic E-state index is 0.0953. The fourth-order valence-corrected chi connectivity index (χ4v) is 3.42. The molecule has 4 nitrogen and oxygen atoms in total. The highest BCUT2D eigenvalue weighted by molar-refractivity contribution is 5.91. The van der Waals surface area contributed by atoms with Crippen LogP contribution in [0.15, 0.2) is 59.0 Å². The van der Waals surface area contributed by atoms with Crippen LogP contribution in [-0.2, 0) is 18.3 Å². The molecule has 158 valence electrons. The van der Waals surface area contributed by atoms with E-state index in [-0.39, 0.29) is 11.3 Å². The number of carbonyl (C=O) groups excluding carboxylic acids is 1. The molecule has 4 heteroatoms. The molecule has 0 atom stereocenters. The predicted molar refractivity (Wildman–Crippen MR) is 120 cm³/mol. The number of para-hydroxylation sites is 1. The lowest BCUT2D eigenvalue weighted by atomic mass is 9.85. The first kappa shape index (κ1) is 21.7. The van der Waals surface area contributed by atoms with Crippen LogP contribution in [-0.4, -0.2) is 19.6 Å². The summed E-state index contributed by atoms with van der Waals surface area (Å²) >= 11 is 0. The Morgan fingerprint density at radius 3 is 2.53 bits per heavy atom. The number of methoxy groups -OCH3 is 1. The molecule has 1 aromatic heterocycles. The summed E-state index contributed by atoms with van der Waals surface area (Å²) in [4.78, 5) is 12.5. The van der Waals surface area contributed by atoms with Crippen molar-refractivity contribution < 1.29 is 13.9 Å². The summed E-state index contributed by atoms with van der Waals surface area (Å²) in [6, 6.07) is 18.0. The molecule has 0 aliphatic rings. The van der Waals surface area contributed by atoms with E-state index in [1.54, 1.807) is 13.2 Å². The summed E-state index contributed by atoms with van der Waals surface area (Å²) in [6.45, 7) is 9.25. The number of aryl methyl sites for hydroxylation is 1. The molecule has 1 amide bonds. The van der Waals surface area contributed by atoms with Gasteiger partial charge in [-0.2, -0.15) is 0 Å². The number of carbonyl (C=O) groups is 1. The molecule has 0 fully saturated rings. The van der Waals surface area contributed by atoms with E-state index >= 15 is 0 Å². The fourth-order valence-electron chi connectivity index (χ4n) is 3.42. The van der Waals surface area contributed by atoms with E-state index in [9.17, 15) is 4.79 Å². The van der Waals surface area contributed by atoms with E-state index in [1.807, 2.05) is 30.3 Å². The zero-order chi connectivity index (χ0) is 21.7. The summed E-state index contributed by atoms with van der Waals surface area (Å²) in [6.07, 6.45) is 1.37. The first-order valence-corrected chi connectivity index (χ1v) is 10.4. The van der Waals surface area contributed by atoms with Gasteiger partial charge >= 0.3 is 0 Å². The van der Waals surface area contributed by atoms with Gasteiger partial charge in [0.25, 0.3) is 5.91 Å². The molecule has 0 aliphatic carbocycles. The second-order valence-corrected chi connectivity index (χ2v) is 8.65. The second kappa shape index (κ2) is 9.21. The number of hydrogen-bond acceptors (Lipinski definition) is 3. The highest BCUT2D eigenvalue weighted by Gasteiger charge is 2.16. The lowest BCUT2D eigenvalue weighted by Crippen LogP contribution is -2.25. The van der Waals surface area contributed by atoms with Gasteiger partial charge in [0, 0.05) is 13.0 Å².